The molecule has 1 aromatic rings. The van der Waals surface area contributed by atoms with Crippen LogP contribution in [0.1, 0.15) is 36.0 Å². The maximum absolute atomic E-state index is 12.1. The molecule has 1 amide bonds. The summed E-state index contributed by atoms with van der Waals surface area (Å²) < 4.78 is 0. The molecule has 1 aliphatic carbocycles. The molecule has 0 heterocycles. The fraction of sp³-hybridized carbons (Fsp3) is 0.462. The van der Waals surface area contributed by atoms with Gasteiger partial charge in [0.15, 0.2) is 0 Å². The Kier molecular flexibility index (Phi) is 4.71. The SMILES string of the molecule is NNc1cc(C(=O)NC2CCCCC2O)ccc1[N+](=O)[O-]. The van der Waals surface area contributed by atoms with E-state index in [-0.39, 0.29) is 28.9 Å². The Labute approximate surface area is 121 Å². The number of anilines is 1. The first-order chi connectivity index (χ1) is 10.0. The van der Waals surface area contributed by atoms with Gasteiger partial charge in [0.1, 0.15) is 5.69 Å². The molecule has 8 heteroatoms. The topological polar surface area (TPSA) is 131 Å². The Balaban J connectivity index is 2.13. The number of nitro groups is 1. The zero-order valence-electron chi connectivity index (χ0n) is 11.4. The number of carbonyl (C=O) groups excluding carboxylic acids is 1. The molecule has 1 aromatic carbocycles. The van der Waals surface area contributed by atoms with Gasteiger partial charge in [-0.3, -0.25) is 20.8 Å². The zero-order valence-corrected chi connectivity index (χ0v) is 11.4. The number of nitrogens with zero attached hydrogens (tertiary/aromatic N) is 1. The van der Waals surface area contributed by atoms with Crippen molar-refractivity contribution >= 4 is 17.3 Å². The maximum Gasteiger partial charge on any atom is 0.293 e. The quantitative estimate of drug-likeness (QED) is 0.371. The minimum atomic E-state index is -0.582. The summed E-state index contributed by atoms with van der Waals surface area (Å²) in [4.78, 5) is 22.4. The fourth-order valence-corrected chi connectivity index (χ4v) is 2.48. The Bertz CT molecular complexity index is 549. The number of nitro benzene ring substituents is 1. The first kappa shape index (κ1) is 15.2. The lowest BCUT2D eigenvalue weighted by Crippen LogP contribution is -2.45. The lowest BCUT2D eigenvalue weighted by atomic mass is 9.92. The monoisotopic (exact) mass is 294 g/mol. The van der Waals surface area contributed by atoms with Gasteiger partial charge in [0.2, 0.25) is 0 Å². The van der Waals surface area contributed by atoms with E-state index in [0.29, 0.717) is 6.42 Å². The van der Waals surface area contributed by atoms with Gasteiger partial charge in [-0.2, -0.15) is 0 Å². The highest BCUT2D eigenvalue weighted by molar-refractivity contribution is 5.96. The summed E-state index contributed by atoms with van der Waals surface area (Å²) in [5, 5.41) is 23.4. The van der Waals surface area contributed by atoms with E-state index in [2.05, 4.69) is 10.7 Å². The fourth-order valence-electron chi connectivity index (χ4n) is 2.48. The summed E-state index contributed by atoms with van der Waals surface area (Å²) in [6.45, 7) is 0. The molecule has 21 heavy (non-hydrogen) atoms. The molecule has 2 atom stereocenters. The number of hydrazine groups is 1. The summed E-state index contributed by atoms with van der Waals surface area (Å²) in [5.41, 5.74) is 2.33. The number of nitrogen functional groups attached to an aromatic ring is 1. The summed E-state index contributed by atoms with van der Waals surface area (Å²) >= 11 is 0. The van der Waals surface area contributed by atoms with Gasteiger partial charge in [0, 0.05) is 11.6 Å². The standard InChI is InChI=1S/C13H18N4O4/c14-16-10-7-8(5-6-11(10)17(20)21)13(19)15-9-3-1-2-4-12(9)18/h5-7,9,12,16,18H,1-4,14H2,(H,15,19). The molecule has 1 fully saturated rings. The third-order valence-corrected chi connectivity index (χ3v) is 3.66. The lowest BCUT2D eigenvalue weighted by molar-refractivity contribution is -0.384. The van der Waals surface area contributed by atoms with Crippen molar-refractivity contribution in [1.29, 1.82) is 0 Å². The van der Waals surface area contributed by atoms with Crippen LogP contribution in [0, 0.1) is 10.1 Å². The highest BCUT2D eigenvalue weighted by atomic mass is 16.6. The van der Waals surface area contributed by atoms with Gasteiger partial charge in [0.25, 0.3) is 11.6 Å². The molecular formula is C13H18N4O4. The van der Waals surface area contributed by atoms with Crippen molar-refractivity contribution in [2.45, 2.75) is 37.8 Å². The average molecular weight is 294 g/mol. The minimum Gasteiger partial charge on any atom is -0.391 e. The number of nitrogens with two attached hydrogens (primary N) is 1. The van der Waals surface area contributed by atoms with Crippen molar-refractivity contribution < 1.29 is 14.8 Å². The van der Waals surface area contributed by atoms with Crippen molar-refractivity contribution in [3.8, 4) is 0 Å². The summed E-state index contributed by atoms with van der Waals surface area (Å²) in [7, 11) is 0. The van der Waals surface area contributed by atoms with E-state index < -0.39 is 11.0 Å². The van der Waals surface area contributed by atoms with Crippen molar-refractivity contribution in [3.63, 3.8) is 0 Å². The maximum atomic E-state index is 12.1. The normalized spacial score (nSPS) is 21.6. The van der Waals surface area contributed by atoms with Gasteiger partial charge in [0.05, 0.1) is 17.1 Å². The van der Waals surface area contributed by atoms with Gasteiger partial charge in [-0.15, -0.1) is 0 Å². The van der Waals surface area contributed by atoms with Crippen molar-refractivity contribution in [3.05, 3.63) is 33.9 Å². The predicted molar refractivity (Wildman–Crippen MR) is 76.6 cm³/mol. The van der Waals surface area contributed by atoms with Crippen LogP contribution in [0.4, 0.5) is 11.4 Å². The second kappa shape index (κ2) is 6.51. The molecule has 0 saturated heterocycles. The van der Waals surface area contributed by atoms with Crippen LogP contribution in [0.2, 0.25) is 0 Å². The first-order valence-electron chi connectivity index (χ1n) is 6.77. The van der Waals surface area contributed by atoms with Crippen LogP contribution in [0.25, 0.3) is 0 Å². The number of hydrogen-bond acceptors (Lipinski definition) is 6. The number of aliphatic hydroxyl groups excluding tert-OH is 1. The Morgan fingerprint density at radius 3 is 2.71 bits per heavy atom. The molecule has 2 rings (SSSR count). The zero-order chi connectivity index (χ0) is 15.4. The second-order valence-corrected chi connectivity index (χ2v) is 5.07. The number of rotatable bonds is 4. The number of benzene rings is 1. The van der Waals surface area contributed by atoms with Crippen LogP contribution < -0.4 is 16.6 Å². The molecule has 0 bridgehead atoms. The van der Waals surface area contributed by atoms with E-state index >= 15 is 0 Å². The molecule has 1 aliphatic rings. The third-order valence-electron chi connectivity index (χ3n) is 3.66. The minimum absolute atomic E-state index is 0.0665. The van der Waals surface area contributed by atoms with Crippen LogP contribution in [0.5, 0.6) is 0 Å². The van der Waals surface area contributed by atoms with Crippen molar-refractivity contribution in [2.75, 3.05) is 5.43 Å². The highest BCUT2D eigenvalue weighted by Crippen LogP contribution is 2.25. The van der Waals surface area contributed by atoms with Crippen LogP contribution >= 0.6 is 0 Å². The largest absolute Gasteiger partial charge is 0.391 e. The number of carbonyl (C=O) groups is 1. The second-order valence-electron chi connectivity index (χ2n) is 5.07. The van der Waals surface area contributed by atoms with E-state index in [1.54, 1.807) is 0 Å². The molecule has 5 N–H and O–H groups in total. The van der Waals surface area contributed by atoms with Crippen LogP contribution in [0.15, 0.2) is 18.2 Å². The molecule has 0 radical (unpaired) electrons. The Morgan fingerprint density at radius 2 is 2.10 bits per heavy atom. The van der Waals surface area contributed by atoms with Gasteiger partial charge >= 0.3 is 0 Å². The van der Waals surface area contributed by atoms with E-state index in [9.17, 15) is 20.0 Å². The van der Waals surface area contributed by atoms with E-state index in [1.165, 1.54) is 18.2 Å². The Morgan fingerprint density at radius 1 is 1.38 bits per heavy atom. The summed E-state index contributed by atoms with van der Waals surface area (Å²) in [6.07, 6.45) is 2.75. The van der Waals surface area contributed by atoms with Gasteiger partial charge in [-0.05, 0) is 25.0 Å². The number of nitrogens with one attached hydrogen (secondary N) is 2. The van der Waals surface area contributed by atoms with E-state index in [0.717, 1.165) is 19.3 Å². The Hall–Kier alpha value is -2.19. The first-order valence-corrected chi connectivity index (χ1v) is 6.77. The predicted octanol–water partition coefficient (Wildman–Crippen LogP) is 0.914. The number of hydrogen-bond donors (Lipinski definition) is 4. The number of amides is 1. The molecule has 8 nitrogen and oxygen atoms in total. The van der Waals surface area contributed by atoms with Crippen molar-refractivity contribution in [1.82, 2.24) is 5.32 Å². The van der Waals surface area contributed by atoms with E-state index in [1.807, 2.05) is 0 Å². The smallest absolute Gasteiger partial charge is 0.293 e. The van der Waals surface area contributed by atoms with Crippen LogP contribution in [0.3, 0.4) is 0 Å². The van der Waals surface area contributed by atoms with Crippen molar-refractivity contribution in [2.24, 2.45) is 5.84 Å². The summed E-state index contributed by atoms with van der Waals surface area (Å²) in [6, 6.07) is 3.63. The van der Waals surface area contributed by atoms with Crippen LogP contribution in [-0.4, -0.2) is 28.1 Å². The molecule has 0 aliphatic heterocycles. The van der Waals surface area contributed by atoms with Gasteiger partial charge < -0.3 is 15.8 Å². The summed E-state index contributed by atoms with van der Waals surface area (Å²) in [5.74, 6) is 4.86. The third kappa shape index (κ3) is 3.47. The molecule has 114 valence electrons. The average Bonchev–Trinajstić information content (AvgIpc) is 2.48. The van der Waals surface area contributed by atoms with Gasteiger partial charge in [-0.25, -0.2) is 0 Å². The number of aliphatic hydroxyl groups is 1. The van der Waals surface area contributed by atoms with Crippen LogP contribution in [-0.2, 0) is 0 Å². The lowest BCUT2D eigenvalue weighted by Gasteiger charge is -2.28. The highest BCUT2D eigenvalue weighted by Gasteiger charge is 2.25. The van der Waals surface area contributed by atoms with E-state index in [4.69, 9.17) is 5.84 Å². The molecule has 1 saturated carbocycles. The molecule has 0 spiro atoms. The van der Waals surface area contributed by atoms with Gasteiger partial charge in [-0.1, -0.05) is 12.8 Å². The molecule has 2 unspecified atom stereocenters. The molecule has 0 aromatic heterocycles. The molecular weight excluding hydrogens is 276 g/mol.